The maximum Gasteiger partial charge on any atom is 0.200 e. The summed E-state index contributed by atoms with van der Waals surface area (Å²) in [5.41, 5.74) is 0.929. The Kier molecular flexibility index (Phi) is 10.9. The van der Waals surface area contributed by atoms with Crippen LogP contribution in [0.2, 0.25) is 0 Å². The quantitative estimate of drug-likeness (QED) is 0.186. The highest BCUT2D eigenvalue weighted by molar-refractivity contribution is 5.94. The van der Waals surface area contributed by atoms with Crippen molar-refractivity contribution in [2.75, 3.05) is 52.5 Å². The third-order valence-electron chi connectivity index (χ3n) is 6.69. The lowest BCUT2D eigenvalue weighted by Gasteiger charge is -2.17. The van der Waals surface area contributed by atoms with E-state index in [9.17, 15) is 4.79 Å². The highest BCUT2D eigenvalue weighted by atomic mass is 16.5. The van der Waals surface area contributed by atoms with Crippen LogP contribution in [0.25, 0.3) is 21.9 Å². The Morgan fingerprint density at radius 1 is 0.657 bits per heavy atom. The molecular formula is C29H42N2O4. The second kappa shape index (κ2) is 14.1. The zero-order valence-corrected chi connectivity index (χ0v) is 22.0. The summed E-state index contributed by atoms with van der Waals surface area (Å²) in [7, 11) is 0. The van der Waals surface area contributed by atoms with Crippen molar-refractivity contribution in [1.29, 1.82) is 0 Å². The van der Waals surface area contributed by atoms with E-state index in [1.807, 2.05) is 24.3 Å². The number of nitrogens with zero attached hydrogens (tertiary/aromatic N) is 2. The van der Waals surface area contributed by atoms with Crippen molar-refractivity contribution in [3.63, 3.8) is 0 Å². The topological polar surface area (TPSA) is 55.1 Å². The van der Waals surface area contributed by atoms with E-state index < -0.39 is 0 Å². The van der Waals surface area contributed by atoms with Gasteiger partial charge >= 0.3 is 0 Å². The lowest BCUT2D eigenvalue weighted by atomic mass is 10.1. The standard InChI is InChI=1S/C29H42N2O4/c1-5-30(6-2)19-9-11-21-33-25-17-13-15-23-27(32)24-16-14-18-26(29(24)35-28(23)25)34-22-12-10-20-31(7-3)8-4/h13-18H,5-12,19-22H2,1-4H3. The van der Waals surface area contributed by atoms with Gasteiger partial charge in [0.25, 0.3) is 0 Å². The summed E-state index contributed by atoms with van der Waals surface area (Å²) < 4.78 is 18.4. The van der Waals surface area contributed by atoms with E-state index in [0.29, 0.717) is 46.7 Å². The smallest absolute Gasteiger partial charge is 0.200 e. The Hall–Kier alpha value is -2.57. The van der Waals surface area contributed by atoms with Crippen molar-refractivity contribution in [1.82, 2.24) is 9.80 Å². The molecule has 0 aliphatic carbocycles. The summed E-state index contributed by atoms with van der Waals surface area (Å²) in [6.07, 6.45) is 4.05. The molecule has 192 valence electrons. The molecule has 3 rings (SSSR count). The largest absolute Gasteiger partial charge is 0.490 e. The molecule has 2 aromatic carbocycles. The van der Waals surface area contributed by atoms with Crippen LogP contribution >= 0.6 is 0 Å². The molecule has 0 saturated carbocycles. The van der Waals surface area contributed by atoms with Gasteiger partial charge < -0.3 is 23.7 Å². The first kappa shape index (κ1) is 27.0. The lowest BCUT2D eigenvalue weighted by Crippen LogP contribution is -2.24. The molecule has 6 heteroatoms. The van der Waals surface area contributed by atoms with Crippen molar-refractivity contribution >= 4 is 21.9 Å². The molecule has 0 spiro atoms. The van der Waals surface area contributed by atoms with E-state index >= 15 is 0 Å². The zero-order valence-electron chi connectivity index (χ0n) is 22.0. The van der Waals surface area contributed by atoms with Crippen LogP contribution in [0.3, 0.4) is 0 Å². The molecule has 0 atom stereocenters. The van der Waals surface area contributed by atoms with E-state index in [1.54, 1.807) is 12.1 Å². The molecule has 0 aliphatic heterocycles. The highest BCUT2D eigenvalue weighted by Gasteiger charge is 2.15. The van der Waals surface area contributed by atoms with Gasteiger partial charge in [0.1, 0.15) is 0 Å². The van der Waals surface area contributed by atoms with Gasteiger partial charge in [-0.25, -0.2) is 0 Å². The van der Waals surface area contributed by atoms with Crippen LogP contribution in [0.1, 0.15) is 53.4 Å². The summed E-state index contributed by atoms with van der Waals surface area (Å²) in [6, 6.07) is 11.1. The van der Waals surface area contributed by atoms with E-state index in [-0.39, 0.29) is 5.43 Å². The Labute approximate surface area is 209 Å². The van der Waals surface area contributed by atoms with E-state index in [2.05, 4.69) is 37.5 Å². The Morgan fingerprint density at radius 3 is 1.49 bits per heavy atom. The number of benzene rings is 2. The third-order valence-corrected chi connectivity index (χ3v) is 6.69. The van der Waals surface area contributed by atoms with Gasteiger partial charge in [0, 0.05) is 0 Å². The average molecular weight is 483 g/mol. The van der Waals surface area contributed by atoms with Gasteiger partial charge in [0.2, 0.25) is 5.43 Å². The lowest BCUT2D eigenvalue weighted by molar-refractivity contribution is 0.264. The molecule has 1 aromatic heterocycles. The normalized spacial score (nSPS) is 11.7. The third kappa shape index (κ3) is 7.21. The summed E-state index contributed by atoms with van der Waals surface area (Å²) in [5.74, 6) is 1.22. The average Bonchev–Trinajstić information content (AvgIpc) is 2.89. The fraction of sp³-hybridized carbons (Fsp3) is 0.552. The first-order valence-corrected chi connectivity index (χ1v) is 13.3. The first-order chi connectivity index (χ1) is 17.1. The van der Waals surface area contributed by atoms with Crippen molar-refractivity contribution < 1.29 is 13.9 Å². The zero-order chi connectivity index (χ0) is 25.0. The number of unbranched alkanes of at least 4 members (excludes halogenated alkanes) is 2. The van der Waals surface area contributed by atoms with Crippen molar-refractivity contribution in [3.8, 4) is 11.5 Å². The van der Waals surface area contributed by atoms with Gasteiger partial charge in [-0.3, -0.25) is 4.79 Å². The molecule has 0 bridgehead atoms. The summed E-state index contributed by atoms with van der Waals surface area (Å²) in [5, 5.41) is 1.07. The number of ether oxygens (including phenoxy) is 2. The molecule has 0 unspecified atom stereocenters. The molecule has 35 heavy (non-hydrogen) atoms. The SMILES string of the molecule is CCN(CC)CCCCOc1cccc2c(=O)c3cccc(OCCCCN(CC)CC)c3oc12. The van der Waals surface area contributed by atoms with Crippen LogP contribution in [-0.4, -0.2) is 62.3 Å². The number of hydrogen-bond donors (Lipinski definition) is 0. The molecule has 0 saturated heterocycles. The summed E-state index contributed by atoms with van der Waals surface area (Å²) >= 11 is 0. The van der Waals surface area contributed by atoms with Crippen molar-refractivity contribution in [2.45, 2.75) is 53.4 Å². The van der Waals surface area contributed by atoms with Gasteiger partial charge in [-0.05, 0) is 89.2 Å². The number of fused-ring (bicyclic) bond motifs is 2. The maximum atomic E-state index is 13.2. The van der Waals surface area contributed by atoms with Crippen molar-refractivity contribution in [2.24, 2.45) is 0 Å². The summed E-state index contributed by atoms with van der Waals surface area (Å²) in [6.45, 7) is 16.3. The Morgan fingerprint density at radius 2 is 1.09 bits per heavy atom. The number of rotatable bonds is 16. The first-order valence-electron chi connectivity index (χ1n) is 13.3. The molecule has 0 radical (unpaired) electrons. The predicted molar refractivity (Wildman–Crippen MR) is 145 cm³/mol. The monoisotopic (exact) mass is 482 g/mol. The molecule has 0 N–H and O–H groups in total. The van der Waals surface area contributed by atoms with Gasteiger partial charge in [-0.2, -0.15) is 0 Å². The van der Waals surface area contributed by atoms with E-state index in [4.69, 9.17) is 13.9 Å². The minimum absolute atomic E-state index is 0.0554. The van der Waals surface area contributed by atoms with Crippen LogP contribution in [0, 0.1) is 0 Å². The molecule has 6 nitrogen and oxygen atoms in total. The maximum absolute atomic E-state index is 13.2. The number of para-hydroxylation sites is 2. The molecule has 0 aliphatic rings. The molecule has 0 fully saturated rings. The van der Waals surface area contributed by atoms with Gasteiger partial charge in [-0.15, -0.1) is 0 Å². The van der Waals surface area contributed by atoms with Gasteiger partial charge in [0.05, 0.1) is 24.0 Å². The second-order valence-electron chi connectivity index (χ2n) is 8.86. The van der Waals surface area contributed by atoms with Crippen LogP contribution < -0.4 is 14.9 Å². The molecule has 1 heterocycles. The van der Waals surface area contributed by atoms with Crippen LogP contribution in [-0.2, 0) is 0 Å². The molecule has 0 amide bonds. The number of hydrogen-bond acceptors (Lipinski definition) is 6. The van der Waals surface area contributed by atoms with Crippen LogP contribution in [0.5, 0.6) is 11.5 Å². The Bertz CT molecular complexity index is 1020. The molecule has 3 aromatic rings. The molecular weight excluding hydrogens is 440 g/mol. The minimum Gasteiger partial charge on any atom is -0.490 e. The minimum atomic E-state index is -0.0554. The van der Waals surface area contributed by atoms with E-state index in [0.717, 1.165) is 65.0 Å². The summed E-state index contributed by atoms with van der Waals surface area (Å²) in [4.78, 5) is 18.1. The van der Waals surface area contributed by atoms with E-state index in [1.165, 1.54) is 0 Å². The fourth-order valence-corrected chi connectivity index (χ4v) is 4.39. The second-order valence-corrected chi connectivity index (χ2v) is 8.86. The van der Waals surface area contributed by atoms with Crippen LogP contribution in [0.15, 0.2) is 45.6 Å². The fourth-order valence-electron chi connectivity index (χ4n) is 4.39. The Balaban J connectivity index is 1.71. The van der Waals surface area contributed by atoms with Gasteiger partial charge in [0.15, 0.2) is 22.7 Å². The van der Waals surface area contributed by atoms with Crippen molar-refractivity contribution in [3.05, 3.63) is 46.6 Å². The van der Waals surface area contributed by atoms with Crippen LogP contribution in [0.4, 0.5) is 0 Å². The van der Waals surface area contributed by atoms with Gasteiger partial charge in [-0.1, -0.05) is 39.8 Å². The predicted octanol–water partition coefficient (Wildman–Crippen LogP) is 5.95. The highest BCUT2D eigenvalue weighted by Crippen LogP contribution is 2.31.